The molecule has 1 aromatic rings. The van der Waals surface area contributed by atoms with Crippen molar-refractivity contribution in [2.45, 2.75) is 25.2 Å². The molecule has 1 aliphatic rings. The Hall–Kier alpha value is -2.10. The van der Waals surface area contributed by atoms with Gasteiger partial charge in [-0.3, -0.25) is 14.3 Å². The largest absolute Gasteiger partial charge is 0.435 e. The predicted molar refractivity (Wildman–Crippen MR) is 72.2 cm³/mol. The standard InChI is InChI=1S/C13H17F3N4O3/c1-12(11(22)17-2)8-19(5-6-23-12)10(21)7-20-4-3-9(18-20)13(14,15)16/h3-4H,5-8H2,1-2H3,(H,17,22)/t12-/m1/s1. The zero-order valence-electron chi connectivity index (χ0n) is 12.7. The molecule has 2 rings (SSSR count). The highest BCUT2D eigenvalue weighted by atomic mass is 19.4. The summed E-state index contributed by atoms with van der Waals surface area (Å²) in [6.45, 7) is 1.68. The SMILES string of the molecule is CNC(=O)[C@@]1(C)CN(C(=O)Cn2ccc(C(F)(F)F)n2)CCO1. The molecule has 1 atom stereocenters. The van der Waals surface area contributed by atoms with Crippen molar-refractivity contribution in [3.05, 3.63) is 18.0 Å². The van der Waals surface area contributed by atoms with E-state index in [9.17, 15) is 22.8 Å². The minimum atomic E-state index is -4.55. The molecule has 0 aromatic carbocycles. The van der Waals surface area contributed by atoms with Crippen molar-refractivity contribution in [3.63, 3.8) is 0 Å². The second-order valence-corrected chi connectivity index (χ2v) is 5.37. The van der Waals surface area contributed by atoms with Crippen LogP contribution in [0.15, 0.2) is 12.3 Å². The van der Waals surface area contributed by atoms with Crippen LogP contribution in [0.5, 0.6) is 0 Å². The van der Waals surface area contributed by atoms with Gasteiger partial charge in [-0.05, 0) is 13.0 Å². The van der Waals surface area contributed by atoms with E-state index in [2.05, 4.69) is 10.4 Å². The van der Waals surface area contributed by atoms with Gasteiger partial charge in [-0.15, -0.1) is 0 Å². The number of hydrogen-bond donors (Lipinski definition) is 1. The van der Waals surface area contributed by atoms with Gasteiger partial charge in [0.15, 0.2) is 11.3 Å². The van der Waals surface area contributed by atoms with E-state index in [1.165, 1.54) is 11.9 Å². The Morgan fingerprint density at radius 1 is 1.48 bits per heavy atom. The van der Waals surface area contributed by atoms with E-state index in [-0.39, 0.29) is 32.1 Å². The summed E-state index contributed by atoms with van der Waals surface area (Å²) in [5.41, 5.74) is -2.23. The van der Waals surface area contributed by atoms with Crippen molar-refractivity contribution in [2.75, 3.05) is 26.7 Å². The monoisotopic (exact) mass is 334 g/mol. The maximum atomic E-state index is 12.5. The molecular weight excluding hydrogens is 317 g/mol. The van der Waals surface area contributed by atoms with Crippen LogP contribution in [0.1, 0.15) is 12.6 Å². The quantitative estimate of drug-likeness (QED) is 0.861. The zero-order valence-corrected chi connectivity index (χ0v) is 12.7. The summed E-state index contributed by atoms with van der Waals surface area (Å²) in [5, 5.41) is 5.80. The third-order valence-corrected chi connectivity index (χ3v) is 3.56. The molecule has 0 saturated carbocycles. The van der Waals surface area contributed by atoms with Crippen LogP contribution in [0.4, 0.5) is 13.2 Å². The normalized spacial score (nSPS) is 22.0. The maximum absolute atomic E-state index is 12.5. The smallest absolute Gasteiger partial charge is 0.362 e. The number of morpholine rings is 1. The average molecular weight is 334 g/mol. The van der Waals surface area contributed by atoms with E-state index in [1.54, 1.807) is 6.92 Å². The number of nitrogens with one attached hydrogen (secondary N) is 1. The van der Waals surface area contributed by atoms with Crippen LogP contribution in [0, 0.1) is 0 Å². The molecule has 0 bridgehead atoms. The number of amides is 2. The first-order valence-electron chi connectivity index (χ1n) is 6.90. The fourth-order valence-corrected chi connectivity index (χ4v) is 2.32. The van der Waals surface area contributed by atoms with Gasteiger partial charge >= 0.3 is 6.18 Å². The average Bonchev–Trinajstić information content (AvgIpc) is 2.95. The Balaban J connectivity index is 2.03. The van der Waals surface area contributed by atoms with Crippen molar-refractivity contribution in [1.29, 1.82) is 0 Å². The fraction of sp³-hybridized carbons (Fsp3) is 0.615. The molecule has 1 aromatic heterocycles. The number of carbonyl (C=O) groups is 2. The molecule has 1 N–H and O–H groups in total. The van der Waals surface area contributed by atoms with Gasteiger partial charge in [0.2, 0.25) is 5.91 Å². The molecule has 7 nitrogen and oxygen atoms in total. The minimum absolute atomic E-state index is 0.0267. The number of rotatable bonds is 3. The highest BCUT2D eigenvalue weighted by Gasteiger charge is 2.40. The number of carbonyl (C=O) groups excluding carboxylic acids is 2. The lowest BCUT2D eigenvalue weighted by atomic mass is 10.0. The number of likely N-dealkylation sites (N-methyl/N-ethyl adjacent to an activating group) is 1. The Bertz CT molecular complexity index is 602. The van der Waals surface area contributed by atoms with E-state index in [4.69, 9.17) is 4.74 Å². The van der Waals surface area contributed by atoms with Gasteiger partial charge in [-0.2, -0.15) is 18.3 Å². The number of ether oxygens (including phenoxy) is 1. The van der Waals surface area contributed by atoms with E-state index in [0.717, 1.165) is 16.9 Å². The molecule has 128 valence electrons. The Morgan fingerprint density at radius 2 is 2.17 bits per heavy atom. The molecule has 23 heavy (non-hydrogen) atoms. The number of hydrogen-bond acceptors (Lipinski definition) is 4. The van der Waals surface area contributed by atoms with Crippen LogP contribution in [-0.2, 0) is 27.0 Å². The van der Waals surface area contributed by atoms with Gasteiger partial charge in [-0.1, -0.05) is 0 Å². The van der Waals surface area contributed by atoms with E-state index < -0.39 is 23.4 Å². The molecule has 0 aliphatic carbocycles. The van der Waals surface area contributed by atoms with Crippen LogP contribution in [0.25, 0.3) is 0 Å². The molecule has 1 fully saturated rings. The third kappa shape index (κ3) is 3.81. The van der Waals surface area contributed by atoms with Crippen LogP contribution >= 0.6 is 0 Å². The van der Waals surface area contributed by atoms with E-state index in [1.807, 2.05) is 0 Å². The zero-order chi connectivity index (χ0) is 17.3. The first kappa shape index (κ1) is 17.3. The summed E-state index contributed by atoms with van der Waals surface area (Å²) in [6.07, 6.45) is -3.45. The maximum Gasteiger partial charge on any atom is 0.435 e. The molecular formula is C13H17F3N4O3. The summed E-state index contributed by atoms with van der Waals surface area (Å²) >= 11 is 0. The van der Waals surface area contributed by atoms with E-state index in [0.29, 0.717) is 0 Å². The van der Waals surface area contributed by atoms with Crippen LogP contribution in [0.2, 0.25) is 0 Å². The number of alkyl halides is 3. The first-order valence-corrected chi connectivity index (χ1v) is 6.90. The van der Waals surface area contributed by atoms with Crippen LogP contribution in [-0.4, -0.2) is 58.8 Å². The third-order valence-electron chi connectivity index (χ3n) is 3.56. The number of halogens is 3. The molecule has 2 heterocycles. The molecule has 2 amide bonds. The lowest BCUT2D eigenvalue weighted by Crippen LogP contribution is -2.59. The minimum Gasteiger partial charge on any atom is -0.362 e. The molecule has 0 spiro atoms. The lowest BCUT2D eigenvalue weighted by molar-refractivity contribution is -0.163. The van der Waals surface area contributed by atoms with Crippen molar-refractivity contribution >= 4 is 11.8 Å². The summed E-state index contributed by atoms with van der Waals surface area (Å²) in [7, 11) is 1.46. The Morgan fingerprint density at radius 3 is 2.74 bits per heavy atom. The molecule has 0 radical (unpaired) electrons. The predicted octanol–water partition coefficient (Wildman–Crippen LogP) is 0.265. The molecule has 1 saturated heterocycles. The first-order chi connectivity index (χ1) is 10.7. The topological polar surface area (TPSA) is 76.5 Å². The van der Waals surface area contributed by atoms with Crippen molar-refractivity contribution < 1.29 is 27.5 Å². The molecule has 0 unspecified atom stereocenters. The summed E-state index contributed by atoms with van der Waals surface area (Å²) in [4.78, 5) is 25.4. The van der Waals surface area contributed by atoms with Gasteiger partial charge in [0.05, 0.1) is 13.2 Å². The van der Waals surface area contributed by atoms with Crippen molar-refractivity contribution in [3.8, 4) is 0 Å². The van der Waals surface area contributed by atoms with Gasteiger partial charge in [0.25, 0.3) is 5.91 Å². The number of aromatic nitrogens is 2. The lowest BCUT2D eigenvalue weighted by Gasteiger charge is -2.39. The molecule has 1 aliphatic heterocycles. The van der Waals surface area contributed by atoms with Crippen molar-refractivity contribution in [1.82, 2.24) is 20.0 Å². The van der Waals surface area contributed by atoms with Crippen molar-refractivity contribution in [2.24, 2.45) is 0 Å². The Labute approximate surface area is 130 Å². The fourth-order valence-electron chi connectivity index (χ4n) is 2.32. The van der Waals surface area contributed by atoms with Crippen LogP contribution < -0.4 is 5.32 Å². The molecule has 10 heteroatoms. The highest BCUT2D eigenvalue weighted by molar-refractivity contribution is 5.86. The number of nitrogens with zero attached hydrogens (tertiary/aromatic N) is 3. The Kier molecular flexibility index (Phi) is 4.64. The highest BCUT2D eigenvalue weighted by Crippen LogP contribution is 2.27. The second kappa shape index (κ2) is 6.19. The summed E-state index contributed by atoms with van der Waals surface area (Å²) < 4.78 is 43.8. The van der Waals surface area contributed by atoms with Gasteiger partial charge in [-0.25, -0.2) is 0 Å². The van der Waals surface area contributed by atoms with Gasteiger partial charge in [0, 0.05) is 19.8 Å². The van der Waals surface area contributed by atoms with Crippen LogP contribution in [0.3, 0.4) is 0 Å². The van der Waals surface area contributed by atoms with E-state index >= 15 is 0 Å². The van der Waals surface area contributed by atoms with Gasteiger partial charge < -0.3 is 15.0 Å². The van der Waals surface area contributed by atoms with Gasteiger partial charge in [0.1, 0.15) is 6.54 Å². The second-order valence-electron chi connectivity index (χ2n) is 5.37. The summed E-state index contributed by atoms with van der Waals surface area (Å²) in [6, 6.07) is 0.807. The summed E-state index contributed by atoms with van der Waals surface area (Å²) in [5.74, 6) is -0.798.